The van der Waals surface area contributed by atoms with Crippen LogP contribution in [-0.4, -0.2) is 25.3 Å². The fourth-order valence-corrected chi connectivity index (χ4v) is 4.15. The molecule has 0 bridgehead atoms. The third-order valence-corrected chi connectivity index (χ3v) is 5.45. The zero-order chi connectivity index (χ0) is 16.4. The predicted molar refractivity (Wildman–Crippen MR) is 93.4 cm³/mol. The number of para-hydroxylation sites is 2. The van der Waals surface area contributed by atoms with Crippen LogP contribution in [0.15, 0.2) is 39.7 Å². The van der Waals surface area contributed by atoms with Gasteiger partial charge in [0.2, 0.25) is 0 Å². The van der Waals surface area contributed by atoms with Gasteiger partial charge in [-0.3, -0.25) is 0 Å². The topological polar surface area (TPSA) is 85.6 Å². The van der Waals surface area contributed by atoms with E-state index in [0.717, 1.165) is 21.1 Å². The van der Waals surface area contributed by atoms with Crippen molar-refractivity contribution < 1.29 is 5.11 Å². The lowest BCUT2D eigenvalue weighted by Gasteiger charge is -2.09. The minimum Gasteiger partial charge on any atom is -0.510 e. The maximum absolute atomic E-state index is 10.5. The summed E-state index contributed by atoms with van der Waals surface area (Å²) in [5.41, 5.74) is 2.71. The summed E-state index contributed by atoms with van der Waals surface area (Å²) >= 11 is 2.95. The van der Waals surface area contributed by atoms with E-state index in [1.807, 2.05) is 43.5 Å². The second-order valence-corrected chi connectivity index (χ2v) is 7.44. The molecule has 0 unspecified atom stereocenters. The fourth-order valence-electron chi connectivity index (χ4n) is 2.10. The van der Waals surface area contributed by atoms with Gasteiger partial charge in [0.1, 0.15) is 17.4 Å². The first-order chi connectivity index (χ1) is 11.1. The SMILES string of the molecule is Cc1csc(S[C@@H](C)/C(O)=C(\C#N)c2nc3ccccc3[nH]2)n1. The van der Waals surface area contributed by atoms with Crippen molar-refractivity contribution in [1.82, 2.24) is 15.0 Å². The number of nitriles is 1. The molecular weight excluding hydrogens is 328 g/mol. The molecule has 116 valence electrons. The molecule has 0 spiro atoms. The van der Waals surface area contributed by atoms with Crippen LogP contribution < -0.4 is 0 Å². The lowest BCUT2D eigenvalue weighted by atomic mass is 10.2. The molecule has 23 heavy (non-hydrogen) atoms. The van der Waals surface area contributed by atoms with Crippen molar-refractivity contribution in [3.63, 3.8) is 0 Å². The predicted octanol–water partition coefficient (Wildman–Crippen LogP) is 4.30. The molecule has 2 heterocycles. The van der Waals surface area contributed by atoms with Gasteiger partial charge in [-0.05, 0) is 26.0 Å². The third-order valence-electron chi connectivity index (χ3n) is 3.25. The molecule has 5 nitrogen and oxygen atoms in total. The van der Waals surface area contributed by atoms with Crippen molar-refractivity contribution in [1.29, 1.82) is 5.26 Å². The average Bonchev–Trinajstić information content (AvgIpc) is 3.13. The summed E-state index contributed by atoms with van der Waals surface area (Å²) in [6.07, 6.45) is 0. The van der Waals surface area contributed by atoms with E-state index in [4.69, 9.17) is 0 Å². The van der Waals surface area contributed by atoms with Gasteiger partial charge in [-0.15, -0.1) is 11.3 Å². The number of benzene rings is 1. The number of thioether (sulfide) groups is 1. The van der Waals surface area contributed by atoms with Crippen LogP contribution in [0.2, 0.25) is 0 Å². The molecule has 2 aromatic heterocycles. The molecule has 0 amide bonds. The van der Waals surface area contributed by atoms with Gasteiger partial charge in [0.25, 0.3) is 0 Å². The molecule has 7 heteroatoms. The smallest absolute Gasteiger partial charge is 0.152 e. The number of hydrogen-bond acceptors (Lipinski definition) is 6. The van der Waals surface area contributed by atoms with E-state index in [2.05, 4.69) is 21.0 Å². The number of aliphatic hydroxyl groups is 1. The van der Waals surface area contributed by atoms with Crippen LogP contribution in [0.25, 0.3) is 16.6 Å². The second kappa shape index (κ2) is 6.44. The van der Waals surface area contributed by atoms with Crippen LogP contribution >= 0.6 is 23.1 Å². The van der Waals surface area contributed by atoms with Gasteiger partial charge in [0.05, 0.1) is 16.3 Å². The Labute approximate surface area is 141 Å². The molecule has 0 fully saturated rings. The molecule has 0 aliphatic heterocycles. The number of hydrogen-bond donors (Lipinski definition) is 2. The number of aromatic nitrogens is 3. The van der Waals surface area contributed by atoms with E-state index in [0.29, 0.717) is 5.82 Å². The molecule has 2 N–H and O–H groups in total. The maximum atomic E-state index is 10.5. The number of allylic oxidation sites excluding steroid dienone is 1. The van der Waals surface area contributed by atoms with Crippen molar-refractivity contribution in [3.8, 4) is 6.07 Å². The maximum Gasteiger partial charge on any atom is 0.152 e. The molecule has 0 saturated heterocycles. The van der Waals surface area contributed by atoms with Gasteiger partial charge in [-0.1, -0.05) is 23.9 Å². The van der Waals surface area contributed by atoms with Crippen molar-refractivity contribution in [2.45, 2.75) is 23.4 Å². The highest BCUT2D eigenvalue weighted by molar-refractivity contribution is 8.01. The number of H-pyrrole nitrogens is 1. The van der Waals surface area contributed by atoms with E-state index < -0.39 is 0 Å². The van der Waals surface area contributed by atoms with E-state index in [9.17, 15) is 10.4 Å². The van der Waals surface area contributed by atoms with Crippen molar-refractivity contribution in [2.75, 3.05) is 0 Å². The standard InChI is InChI=1S/C16H14N4OS2/c1-9-8-22-16(18-9)23-10(2)14(21)11(7-17)15-19-12-5-3-4-6-13(12)20-15/h3-6,8,10,21H,1-2H3,(H,19,20)/b14-11-/t10-/m0/s1. The third kappa shape index (κ3) is 3.23. The summed E-state index contributed by atoms with van der Waals surface area (Å²) < 4.78 is 0.864. The van der Waals surface area contributed by atoms with Gasteiger partial charge in [-0.2, -0.15) is 5.26 Å². The molecule has 0 aliphatic carbocycles. The number of thiazole rings is 1. The van der Waals surface area contributed by atoms with E-state index in [1.165, 1.54) is 23.1 Å². The number of nitrogens with zero attached hydrogens (tertiary/aromatic N) is 3. The molecule has 0 saturated carbocycles. The van der Waals surface area contributed by atoms with Crippen LogP contribution in [0.4, 0.5) is 0 Å². The number of aliphatic hydroxyl groups excluding tert-OH is 1. The Morgan fingerprint density at radius 3 is 2.83 bits per heavy atom. The van der Waals surface area contributed by atoms with Crippen LogP contribution in [0.3, 0.4) is 0 Å². The Bertz CT molecular complexity index is 886. The highest BCUT2D eigenvalue weighted by atomic mass is 32.2. The first-order valence-corrected chi connectivity index (χ1v) is 8.71. The Morgan fingerprint density at radius 1 is 1.39 bits per heavy atom. The van der Waals surface area contributed by atoms with E-state index >= 15 is 0 Å². The molecule has 3 aromatic rings. The highest BCUT2D eigenvalue weighted by Crippen LogP contribution is 2.32. The van der Waals surface area contributed by atoms with Crippen molar-refractivity contribution >= 4 is 39.7 Å². The first-order valence-electron chi connectivity index (χ1n) is 6.95. The number of imidazole rings is 1. The summed E-state index contributed by atoms with van der Waals surface area (Å²) in [6.45, 7) is 3.77. The zero-order valence-electron chi connectivity index (χ0n) is 12.6. The minimum atomic E-state index is -0.289. The van der Waals surface area contributed by atoms with Crippen LogP contribution in [0, 0.1) is 18.3 Å². The summed E-state index contributed by atoms with van der Waals surface area (Å²) in [4.78, 5) is 11.8. The Kier molecular flexibility index (Phi) is 4.37. The molecule has 3 rings (SSSR count). The number of rotatable bonds is 4. The number of fused-ring (bicyclic) bond motifs is 1. The van der Waals surface area contributed by atoms with Crippen LogP contribution in [0.5, 0.6) is 0 Å². The second-order valence-electron chi connectivity index (χ2n) is 4.99. The van der Waals surface area contributed by atoms with Gasteiger partial charge in [0.15, 0.2) is 10.2 Å². The molecule has 0 aliphatic rings. The number of nitrogens with one attached hydrogen (secondary N) is 1. The zero-order valence-corrected chi connectivity index (χ0v) is 14.2. The molecule has 0 radical (unpaired) electrons. The van der Waals surface area contributed by atoms with Gasteiger partial charge in [-0.25, -0.2) is 9.97 Å². The summed E-state index contributed by atoms with van der Waals surface area (Å²) in [6, 6.07) is 9.57. The summed E-state index contributed by atoms with van der Waals surface area (Å²) in [7, 11) is 0. The number of aryl methyl sites for hydroxylation is 1. The van der Waals surface area contributed by atoms with Crippen LogP contribution in [-0.2, 0) is 0 Å². The Morgan fingerprint density at radius 2 is 2.17 bits per heavy atom. The Balaban J connectivity index is 1.93. The molecule has 1 aromatic carbocycles. The Hall–Kier alpha value is -2.30. The quantitative estimate of drug-likeness (QED) is 0.419. The lowest BCUT2D eigenvalue weighted by molar-refractivity contribution is 0.402. The van der Waals surface area contributed by atoms with E-state index in [-0.39, 0.29) is 16.6 Å². The summed E-state index contributed by atoms with van der Waals surface area (Å²) in [5.74, 6) is 0.387. The van der Waals surface area contributed by atoms with Gasteiger partial charge in [0, 0.05) is 11.1 Å². The first kappa shape index (κ1) is 15.6. The lowest BCUT2D eigenvalue weighted by Crippen LogP contribution is -2.04. The molecular formula is C16H14N4OS2. The number of aromatic amines is 1. The van der Waals surface area contributed by atoms with Gasteiger partial charge < -0.3 is 10.1 Å². The van der Waals surface area contributed by atoms with Crippen LogP contribution in [0.1, 0.15) is 18.4 Å². The van der Waals surface area contributed by atoms with Crippen molar-refractivity contribution in [3.05, 3.63) is 46.9 Å². The average molecular weight is 342 g/mol. The minimum absolute atomic E-state index is 0.00408. The monoisotopic (exact) mass is 342 g/mol. The normalized spacial score (nSPS) is 13.6. The van der Waals surface area contributed by atoms with Crippen molar-refractivity contribution in [2.24, 2.45) is 0 Å². The van der Waals surface area contributed by atoms with E-state index in [1.54, 1.807) is 0 Å². The van der Waals surface area contributed by atoms with Gasteiger partial charge >= 0.3 is 0 Å². The molecule has 1 atom stereocenters. The fraction of sp³-hybridized carbons (Fsp3) is 0.188. The largest absolute Gasteiger partial charge is 0.510 e. The summed E-state index contributed by atoms with van der Waals surface area (Å²) in [5, 5.41) is 21.6. The highest BCUT2D eigenvalue weighted by Gasteiger charge is 2.20.